The van der Waals surface area contributed by atoms with Crippen LogP contribution >= 0.6 is 0 Å². The smallest absolute Gasteiger partial charge is 0.149 e. The standard InChI is InChI=1S/C29H37N2/c1-16(2)20-12-11-13-21-23-18(5)14-15-22-24(23)27-25(29(9,10)28(22,7)8)19(6)30(17(3)4)31(27)26(20)21/h11-17H,1-10H3/q+1/i9D3. The van der Waals surface area contributed by atoms with Crippen LogP contribution < -0.4 is 4.52 Å². The molecule has 2 aromatic carbocycles. The van der Waals surface area contributed by atoms with Gasteiger partial charge in [-0.15, -0.1) is 4.68 Å². The number of aryl methyl sites for hydroxylation is 1. The van der Waals surface area contributed by atoms with E-state index in [0.29, 0.717) is 5.92 Å². The van der Waals surface area contributed by atoms with Crippen molar-refractivity contribution in [1.82, 2.24) is 4.68 Å². The molecule has 0 spiro atoms. The van der Waals surface area contributed by atoms with Crippen LogP contribution in [0.1, 0.15) is 99.3 Å². The van der Waals surface area contributed by atoms with Gasteiger partial charge in [-0.25, -0.2) is 0 Å². The molecule has 1 atom stereocenters. The molecule has 2 heteroatoms. The topological polar surface area (TPSA) is 9.03 Å². The van der Waals surface area contributed by atoms with Gasteiger partial charge in [0.05, 0.1) is 28.1 Å². The average Bonchev–Trinajstić information content (AvgIpc) is 3.04. The molecule has 0 saturated carbocycles. The summed E-state index contributed by atoms with van der Waals surface area (Å²) in [4.78, 5) is 0. The summed E-state index contributed by atoms with van der Waals surface area (Å²) in [5, 5.41) is 3.73. The van der Waals surface area contributed by atoms with Crippen molar-refractivity contribution in [2.45, 2.75) is 92.0 Å². The molecule has 0 bridgehead atoms. The van der Waals surface area contributed by atoms with Crippen molar-refractivity contribution >= 4 is 27.2 Å². The van der Waals surface area contributed by atoms with Crippen LogP contribution in [0.15, 0.2) is 30.3 Å². The Labute approximate surface area is 191 Å². The lowest BCUT2D eigenvalue weighted by molar-refractivity contribution is -0.587. The van der Waals surface area contributed by atoms with E-state index in [1.807, 2.05) is 6.92 Å². The summed E-state index contributed by atoms with van der Waals surface area (Å²) in [6, 6.07) is 11.2. The number of rotatable bonds is 2. The zero-order chi connectivity index (χ0) is 25.1. The second-order valence-electron chi connectivity index (χ2n) is 10.9. The average molecular weight is 417 g/mol. The number of nitrogens with zero attached hydrogens (tertiary/aromatic N) is 2. The Kier molecular flexibility index (Phi) is 3.40. The third kappa shape index (κ3) is 2.26. The first kappa shape index (κ1) is 17.2. The van der Waals surface area contributed by atoms with Crippen molar-refractivity contribution in [3.05, 3.63) is 58.3 Å². The minimum atomic E-state index is -2.17. The van der Waals surface area contributed by atoms with E-state index in [1.54, 1.807) is 0 Å². The van der Waals surface area contributed by atoms with Gasteiger partial charge in [0, 0.05) is 20.5 Å². The highest BCUT2D eigenvalue weighted by molar-refractivity contribution is 6.15. The van der Waals surface area contributed by atoms with Gasteiger partial charge in [0.1, 0.15) is 0 Å². The van der Waals surface area contributed by atoms with Gasteiger partial charge in [0.15, 0.2) is 0 Å². The summed E-state index contributed by atoms with van der Waals surface area (Å²) in [5.41, 5.74) is 6.37. The van der Waals surface area contributed by atoms with Crippen molar-refractivity contribution in [3.63, 3.8) is 0 Å². The van der Waals surface area contributed by atoms with E-state index in [1.165, 1.54) is 32.8 Å². The number of para-hydroxylation sites is 1. The lowest BCUT2D eigenvalue weighted by atomic mass is 9.57. The molecule has 0 radical (unpaired) electrons. The maximum Gasteiger partial charge on any atom is 0.250 e. The third-order valence-corrected chi connectivity index (χ3v) is 8.10. The highest BCUT2D eigenvalue weighted by Crippen LogP contribution is 2.54. The molecule has 0 fully saturated rings. The van der Waals surface area contributed by atoms with Crippen LogP contribution in [0.5, 0.6) is 0 Å². The first-order valence-corrected chi connectivity index (χ1v) is 11.6. The van der Waals surface area contributed by atoms with Crippen LogP contribution in [-0.2, 0) is 10.8 Å². The number of hydrogen-bond donors (Lipinski definition) is 0. The SMILES string of the molecule is [2H]C([2H])([2H])C1(C)c2c(C)n(C(C)C)[n+]3c4c(C(C)C)cccc4c4c(C)ccc(c4c23)C1(C)C. The van der Waals surface area contributed by atoms with Crippen LogP contribution in [-0.4, -0.2) is 4.68 Å². The zero-order valence-electron chi connectivity index (χ0n) is 23.4. The van der Waals surface area contributed by atoms with Crippen LogP contribution in [0, 0.1) is 13.8 Å². The molecule has 1 unspecified atom stereocenters. The number of hydrogen-bond acceptors (Lipinski definition) is 0. The summed E-state index contributed by atoms with van der Waals surface area (Å²) in [6.45, 7) is 17.3. The highest BCUT2D eigenvalue weighted by Gasteiger charge is 2.51. The molecule has 2 heterocycles. The van der Waals surface area contributed by atoms with Gasteiger partial charge in [0.25, 0.3) is 0 Å². The Balaban J connectivity index is 2.28. The maximum absolute atomic E-state index is 8.82. The highest BCUT2D eigenvalue weighted by atomic mass is 15.4. The summed E-state index contributed by atoms with van der Waals surface area (Å²) < 4.78 is 31.2. The number of fused-ring (bicyclic) bond motifs is 3. The van der Waals surface area contributed by atoms with E-state index in [-0.39, 0.29) is 6.04 Å². The molecule has 31 heavy (non-hydrogen) atoms. The summed E-state index contributed by atoms with van der Waals surface area (Å²) in [5.74, 6) is 0.341. The van der Waals surface area contributed by atoms with Gasteiger partial charge in [-0.3, -0.25) is 0 Å². The molecule has 5 rings (SSSR count). The molecule has 1 aliphatic carbocycles. The summed E-state index contributed by atoms with van der Waals surface area (Å²) in [7, 11) is 0. The Hall–Kier alpha value is -2.35. The minimum absolute atomic E-state index is 0.178. The monoisotopic (exact) mass is 416 g/mol. The minimum Gasteiger partial charge on any atom is -0.149 e. The fourth-order valence-corrected chi connectivity index (χ4v) is 6.18. The molecule has 2 nitrogen and oxygen atoms in total. The molecule has 1 aliphatic rings. The van der Waals surface area contributed by atoms with Crippen molar-refractivity contribution in [2.24, 2.45) is 0 Å². The predicted octanol–water partition coefficient (Wildman–Crippen LogP) is 7.42. The summed E-state index contributed by atoms with van der Waals surface area (Å²) in [6.07, 6.45) is 0. The fraction of sp³-hybridized carbons (Fsp3) is 0.483. The Morgan fingerprint density at radius 3 is 2.23 bits per heavy atom. The van der Waals surface area contributed by atoms with Gasteiger partial charge in [-0.1, -0.05) is 70.3 Å². The second kappa shape index (κ2) is 6.12. The second-order valence-corrected chi connectivity index (χ2v) is 10.9. The molecule has 0 amide bonds. The van der Waals surface area contributed by atoms with Gasteiger partial charge in [-0.05, 0) is 56.2 Å². The zero-order valence-corrected chi connectivity index (χ0v) is 20.4. The van der Waals surface area contributed by atoms with Gasteiger partial charge >= 0.3 is 0 Å². The predicted molar refractivity (Wildman–Crippen MR) is 133 cm³/mol. The number of aromatic nitrogens is 2. The van der Waals surface area contributed by atoms with Gasteiger partial charge in [-0.2, -0.15) is 0 Å². The molecule has 162 valence electrons. The van der Waals surface area contributed by atoms with Gasteiger partial charge < -0.3 is 0 Å². The quantitative estimate of drug-likeness (QED) is 0.237. The lowest BCUT2D eigenvalue weighted by Gasteiger charge is -2.44. The van der Waals surface area contributed by atoms with Crippen LogP contribution in [0.25, 0.3) is 27.2 Å². The van der Waals surface area contributed by atoms with E-state index in [2.05, 4.69) is 94.9 Å². The van der Waals surface area contributed by atoms with Crippen molar-refractivity contribution in [2.75, 3.05) is 0 Å². The van der Waals surface area contributed by atoms with Crippen LogP contribution in [0.2, 0.25) is 0 Å². The lowest BCUT2D eigenvalue weighted by Crippen LogP contribution is -2.44. The molecule has 0 saturated heterocycles. The third-order valence-electron chi connectivity index (χ3n) is 8.10. The van der Waals surface area contributed by atoms with Crippen LogP contribution in [0.3, 0.4) is 0 Å². The summed E-state index contributed by atoms with van der Waals surface area (Å²) >= 11 is 0. The number of benzene rings is 2. The molecule has 0 N–H and O–H groups in total. The Bertz CT molecular complexity index is 1500. The van der Waals surface area contributed by atoms with Crippen molar-refractivity contribution < 1.29 is 8.63 Å². The van der Waals surface area contributed by atoms with E-state index in [9.17, 15) is 0 Å². The normalized spacial score (nSPS) is 22.1. The molecular formula is C29H37N2+. The van der Waals surface area contributed by atoms with E-state index >= 15 is 0 Å². The van der Waals surface area contributed by atoms with Crippen molar-refractivity contribution in [1.29, 1.82) is 0 Å². The largest absolute Gasteiger partial charge is 0.250 e. The molecule has 4 aromatic rings. The first-order chi connectivity index (χ1) is 15.7. The molecule has 0 aliphatic heterocycles. The van der Waals surface area contributed by atoms with Crippen molar-refractivity contribution in [3.8, 4) is 0 Å². The van der Waals surface area contributed by atoms with E-state index in [4.69, 9.17) is 4.11 Å². The Morgan fingerprint density at radius 2 is 1.61 bits per heavy atom. The first-order valence-electron chi connectivity index (χ1n) is 13.1. The number of pyridine rings is 1. The van der Waals surface area contributed by atoms with Gasteiger partial charge in [0.2, 0.25) is 11.0 Å². The van der Waals surface area contributed by atoms with E-state index < -0.39 is 17.7 Å². The van der Waals surface area contributed by atoms with E-state index in [0.717, 1.165) is 22.3 Å². The fourth-order valence-electron chi connectivity index (χ4n) is 6.18. The maximum atomic E-state index is 8.82. The molecule has 2 aromatic heterocycles. The van der Waals surface area contributed by atoms with Crippen LogP contribution in [0.4, 0.5) is 0 Å². The Morgan fingerprint density at radius 1 is 0.903 bits per heavy atom. The molecular weight excluding hydrogens is 376 g/mol.